The third-order valence-corrected chi connectivity index (χ3v) is 1.87. The topological polar surface area (TPSA) is 34.1 Å². The molecule has 0 aliphatic heterocycles. The van der Waals surface area contributed by atoms with Crippen LogP contribution in [0.1, 0.15) is 5.56 Å². The molecule has 0 N–H and O–H groups in total. The maximum atomic E-state index is 12.4. The van der Waals surface area contributed by atoms with E-state index in [1.54, 1.807) is 12.1 Å². The molecule has 0 aliphatic rings. The highest BCUT2D eigenvalue weighted by Crippen LogP contribution is 2.04. The van der Waals surface area contributed by atoms with Crippen molar-refractivity contribution in [2.75, 3.05) is 0 Å². The molecule has 0 amide bonds. The van der Waals surface area contributed by atoms with Gasteiger partial charge in [-0.25, -0.2) is 12.8 Å². The molecule has 65 valence electrons. The summed E-state index contributed by atoms with van der Waals surface area (Å²) in [5, 5.41) is 0. The lowest BCUT2D eigenvalue weighted by Gasteiger charge is -1.95. The molecule has 0 saturated heterocycles. The van der Waals surface area contributed by atoms with Crippen LogP contribution < -0.4 is 0 Å². The molecule has 0 heterocycles. The van der Waals surface area contributed by atoms with Crippen LogP contribution in [0.2, 0.25) is 0 Å². The van der Waals surface area contributed by atoms with E-state index in [9.17, 15) is 12.8 Å². The van der Waals surface area contributed by atoms with Crippen molar-refractivity contribution in [1.82, 2.24) is 0 Å². The van der Waals surface area contributed by atoms with Crippen molar-refractivity contribution in [3.05, 3.63) is 41.4 Å². The summed E-state index contributed by atoms with van der Waals surface area (Å²) in [4.78, 5) is 0. The number of hydrogen-bond acceptors (Lipinski definition) is 2. The Labute approximate surface area is 72.0 Å². The van der Waals surface area contributed by atoms with Gasteiger partial charge in [0.15, 0.2) is 0 Å². The lowest BCUT2D eigenvalue weighted by molar-refractivity contribution is 0.618. The summed E-state index contributed by atoms with van der Waals surface area (Å²) >= 11 is 0. The monoisotopic (exact) mass is 187 g/mol. The van der Waals surface area contributed by atoms with Crippen molar-refractivity contribution in [3.63, 3.8) is 0 Å². The van der Waals surface area contributed by atoms with Gasteiger partial charge in [0.2, 0.25) is 0 Å². The predicted molar refractivity (Wildman–Crippen MR) is 44.7 cm³/mol. The van der Waals surface area contributed by atoms with E-state index in [1.165, 1.54) is 17.9 Å². The molecule has 0 atom stereocenters. The second-order valence-corrected chi connectivity index (χ2v) is 3.23. The minimum absolute atomic E-state index is 0.315. The predicted octanol–water partition coefficient (Wildman–Crippen LogP) is 1.14. The number of halogens is 1. The summed E-state index contributed by atoms with van der Waals surface area (Å²) < 4.78 is 32.6. The first-order valence-corrected chi connectivity index (χ1v) is 4.64. The van der Waals surface area contributed by atoms with Gasteiger partial charge in [-0.3, -0.25) is 0 Å². The summed E-state index contributed by atoms with van der Waals surface area (Å²) in [6, 6.07) is 5.73. The average molecular weight is 187 g/mol. The Hall–Kier alpha value is -0.900. The molecule has 1 aromatic carbocycles. The Balaban J connectivity index is 2.59. The van der Waals surface area contributed by atoms with Crippen LogP contribution in [0.5, 0.6) is 0 Å². The van der Waals surface area contributed by atoms with Crippen LogP contribution in [0.25, 0.3) is 0 Å². The van der Waals surface area contributed by atoms with Crippen LogP contribution in [0.3, 0.4) is 0 Å². The zero-order valence-corrected chi connectivity index (χ0v) is 7.13. The summed E-state index contributed by atoms with van der Waals surface area (Å²) in [5.74, 6) is 0.855. The van der Waals surface area contributed by atoms with Crippen LogP contribution in [0, 0.1) is 11.6 Å². The van der Waals surface area contributed by atoms with Crippen molar-refractivity contribution in [2.24, 2.45) is 0 Å². The molecule has 12 heavy (non-hydrogen) atoms. The van der Waals surface area contributed by atoms with Gasteiger partial charge in [-0.15, -0.1) is 0 Å². The number of hydrogen-bond donors (Lipinski definition) is 1. The highest BCUT2D eigenvalue weighted by Gasteiger charge is 1.94. The SMILES string of the molecule is O=[SH](=O)[CH]Cc1ccc(F)cc1. The molecule has 1 rings (SSSR count). The lowest BCUT2D eigenvalue weighted by Crippen LogP contribution is -1.87. The molecule has 0 aromatic heterocycles. The summed E-state index contributed by atoms with van der Waals surface area (Å²) in [6.07, 6.45) is 0.332. The van der Waals surface area contributed by atoms with E-state index >= 15 is 0 Å². The lowest BCUT2D eigenvalue weighted by atomic mass is 10.2. The maximum Gasteiger partial charge on any atom is 0.144 e. The Kier molecular flexibility index (Phi) is 3.22. The van der Waals surface area contributed by atoms with Crippen LogP contribution in [0.15, 0.2) is 24.3 Å². The molecule has 0 fully saturated rings. The molecule has 0 saturated carbocycles. The van der Waals surface area contributed by atoms with Gasteiger partial charge in [0.05, 0.1) is 5.75 Å². The molecule has 0 spiro atoms. The Bertz CT molecular complexity index is 308. The van der Waals surface area contributed by atoms with E-state index in [2.05, 4.69) is 0 Å². The normalized spacial score (nSPS) is 10.5. The summed E-state index contributed by atoms with van der Waals surface area (Å²) in [7, 11) is -2.45. The molecule has 1 aromatic rings. The summed E-state index contributed by atoms with van der Waals surface area (Å²) in [6.45, 7) is 0. The van der Waals surface area contributed by atoms with Gasteiger partial charge in [-0.05, 0) is 24.1 Å². The van der Waals surface area contributed by atoms with E-state index in [1.807, 2.05) is 0 Å². The van der Waals surface area contributed by atoms with Crippen molar-refractivity contribution < 1.29 is 12.8 Å². The number of benzene rings is 1. The molecule has 0 unspecified atom stereocenters. The fourth-order valence-corrected chi connectivity index (χ4v) is 1.16. The molecule has 0 aliphatic carbocycles. The van der Waals surface area contributed by atoms with Gasteiger partial charge >= 0.3 is 0 Å². The first-order valence-electron chi connectivity index (χ1n) is 3.40. The summed E-state index contributed by atoms with van der Waals surface area (Å²) in [5.41, 5.74) is 0.788. The quantitative estimate of drug-likeness (QED) is 0.720. The van der Waals surface area contributed by atoms with Gasteiger partial charge in [0, 0.05) is 0 Å². The van der Waals surface area contributed by atoms with Gasteiger partial charge in [-0.1, -0.05) is 12.1 Å². The van der Waals surface area contributed by atoms with E-state index < -0.39 is 10.7 Å². The molecular weight excluding hydrogens is 179 g/mol. The van der Waals surface area contributed by atoms with Crippen molar-refractivity contribution in [2.45, 2.75) is 6.42 Å². The van der Waals surface area contributed by atoms with E-state index in [0.29, 0.717) is 6.42 Å². The Morgan fingerprint density at radius 1 is 1.25 bits per heavy atom. The second kappa shape index (κ2) is 4.21. The van der Waals surface area contributed by atoms with E-state index in [0.717, 1.165) is 5.56 Å². The first kappa shape index (κ1) is 9.19. The van der Waals surface area contributed by atoms with Crippen molar-refractivity contribution in [3.8, 4) is 0 Å². The van der Waals surface area contributed by atoms with Crippen LogP contribution >= 0.6 is 0 Å². The van der Waals surface area contributed by atoms with Gasteiger partial charge in [-0.2, -0.15) is 0 Å². The van der Waals surface area contributed by atoms with Crippen molar-refractivity contribution in [1.29, 1.82) is 0 Å². The smallest absolute Gasteiger partial charge is 0.144 e. The van der Waals surface area contributed by atoms with Crippen LogP contribution in [0.4, 0.5) is 4.39 Å². The molecular formula is C8H8FO2S. The zero-order chi connectivity index (χ0) is 8.97. The van der Waals surface area contributed by atoms with Crippen LogP contribution in [-0.2, 0) is 17.1 Å². The number of thiol groups is 1. The highest BCUT2D eigenvalue weighted by atomic mass is 32.2. The second-order valence-electron chi connectivity index (χ2n) is 2.30. The van der Waals surface area contributed by atoms with E-state index in [4.69, 9.17) is 0 Å². The van der Waals surface area contributed by atoms with Gasteiger partial charge in [0.25, 0.3) is 0 Å². The maximum absolute atomic E-state index is 12.4. The minimum atomic E-state index is -2.45. The van der Waals surface area contributed by atoms with Crippen LogP contribution in [-0.4, -0.2) is 8.42 Å². The minimum Gasteiger partial charge on any atom is -0.232 e. The fraction of sp³-hybridized carbons (Fsp3) is 0.125. The fourth-order valence-electron chi connectivity index (χ4n) is 0.800. The molecule has 2 nitrogen and oxygen atoms in total. The van der Waals surface area contributed by atoms with Gasteiger partial charge < -0.3 is 0 Å². The largest absolute Gasteiger partial charge is 0.232 e. The van der Waals surface area contributed by atoms with E-state index in [-0.39, 0.29) is 5.82 Å². The zero-order valence-electron chi connectivity index (χ0n) is 6.24. The molecule has 4 heteroatoms. The third kappa shape index (κ3) is 3.00. The molecule has 0 bridgehead atoms. The Morgan fingerprint density at radius 2 is 1.83 bits per heavy atom. The third-order valence-electron chi connectivity index (χ3n) is 1.39. The van der Waals surface area contributed by atoms with Crippen molar-refractivity contribution >= 4 is 10.7 Å². The molecule has 1 radical (unpaired) electrons. The average Bonchev–Trinajstić information content (AvgIpc) is 2.03. The van der Waals surface area contributed by atoms with Gasteiger partial charge in [0.1, 0.15) is 16.5 Å². The highest BCUT2D eigenvalue weighted by molar-refractivity contribution is 7.74. The standard InChI is InChI=1S/C8H8FO2S/c9-8-3-1-7(2-4-8)5-6-12(10)11/h1-4,6,12H,5H2. The number of rotatable bonds is 3. The Morgan fingerprint density at radius 3 is 2.33 bits per heavy atom. The first-order chi connectivity index (χ1) is 5.68.